The number of hydrogen-bond donors (Lipinski definition) is 4. The lowest BCUT2D eigenvalue weighted by atomic mass is 10.3. The average molecular weight is 335 g/mol. The van der Waals surface area contributed by atoms with E-state index in [1.807, 2.05) is 23.2 Å². The Balaban J connectivity index is 1.93. The Morgan fingerprint density at radius 1 is 1.17 bits per heavy atom. The van der Waals surface area contributed by atoms with E-state index in [1.54, 1.807) is 13.0 Å². The second-order valence-electron chi connectivity index (χ2n) is 4.92. The molecule has 1 aromatic carbocycles. The van der Waals surface area contributed by atoms with Crippen LogP contribution in [0.25, 0.3) is 11.0 Å². The van der Waals surface area contributed by atoms with E-state index in [0.29, 0.717) is 11.3 Å². The summed E-state index contributed by atoms with van der Waals surface area (Å²) in [5.41, 5.74) is -0.289. The molecule has 23 heavy (non-hydrogen) atoms. The lowest BCUT2D eigenvalue weighted by Gasteiger charge is -2.11. The molecule has 0 aliphatic carbocycles. The van der Waals surface area contributed by atoms with Crippen LogP contribution in [0.2, 0.25) is 0 Å². The van der Waals surface area contributed by atoms with Gasteiger partial charge in [-0.05, 0) is 19.1 Å². The van der Waals surface area contributed by atoms with E-state index in [9.17, 15) is 18.0 Å². The summed E-state index contributed by atoms with van der Waals surface area (Å²) < 4.78 is 26.9. The molecule has 0 spiro atoms. The van der Waals surface area contributed by atoms with Crippen LogP contribution in [0.1, 0.15) is 18.8 Å². The van der Waals surface area contributed by atoms with Gasteiger partial charge in [-0.25, -0.2) is 22.9 Å². The second-order valence-corrected chi connectivity index (χ2v) is 6.60. The summed E-state index contributed by atoms with van der Waals surface area (Å²) in [7, 11) is -4.12. The number of fused-ring (bicyclic) bond motifs is 1. The molecular weight excluding hydrogens is 322 g/mol. The van der Waals surface area contributed by atoms with E-state index < -0.39 is 32.2 Å². The van der Waals surface area contributed by atoms with E-state index in [2.05, 4.69) is 19.7 Å². The molecule has 0 fully saturated rings. The third-order valence-corrected chi connectivity index (χ3v) is 4.77. The van der Waals surface area contributed by atoms with Crippen molar-refractivity contribution in [3.8, 4) is 0 Å². The van der Waals surface area contributed by atoms with Crippen molar-refractivity contribution in [1.29, 1.82) is 0 Å². The van der Waals surface area contributed by atoms with Crippen LogP contribution in [0.5, 0.6) is 0 Å². The van der Waals surface area contributed by atoms with Crippen molar-refractivity contribution < 1.29 is 8.42 Å². The van der Waals surface area contributed by atoms with Crippen molar-refractivity contribution in [2.75, 3.05) is 0 Å². The Kier molecular flexibility index (Phi) is 3.62. The summed E-state index contributed by atoms with van der Waals surface area (Å²) in [6.45, 7) is 1.59. The Morgan fingerprint density at radius 2 is 1.91 bits per heavy atom. The minimum atomic E-state index is -4.12. The number of nitrogens with one attached hydrogen (secondary N) is 4. The zero-order valence-corrected chi connectivity index (χ0v) is 12.8. The zero-order chi connectivity index (χ0) is 16.6. The summed E-state index contributed by atoms with van der Waals surface area (Å²) in [6, 6.07) is 6.57. The standard InChI is InChI=1S/C13H13N5O4S/c1-7(11-15-8-4-2-3-5-9(8)16-11)18-23(21,22)10-6-14-13(20)17-12(10)19/h2-7,18H,1H3,(H,15,16)(H2,14,17,19,20). The van der Waals surface area contributed by atoms with Gasteiger partial charge in [-0.2, -0.15) is 0 Å². The highest BCUT2D eigenvalue weighted by molar-refractivity contribution is 7.89. The minimum Gasteiger partial charge on any atom is -0.341 e. The molecular formula is C13H13N5O4S. The highest BCUT2D eigenvalue weighted by Gasteiger charge is 2.23. The van der Waals surface area contributed by atoms with Crippen LogP contribution in [-0.2, 0) is 10.0 Å². The Hall–Kier alpha value is -2.72. The van der Waals surface area contributed by atoms with Crippen LogP contribution in [-0.4, -0.2) is 28.4 Å². The molecule has 1 unspecified atom stereocenters. The van der Waals surface area contributed by atoms with Crippen LogP contribution in [0.3, 0.4) is 0 Å². The predicted molar refractivity (Wildman–Crippen MR) is 82.5 cm³/mol. The van der Waals surface area contributed by atoms with Gasteiger partial charge < -0.3 is 9.97 Å². The number of sulfonamides is 1. The van der Waals surface area contributed by atoms with E-state index in [0.717, 1.165) is 11.7 Å². The van der Waals surface area contributed by atoms with Crippen LogP contribution in [0, 0.1) is 0 Å². The Morgan fingerprint density at radius 3 is 2.61 bits per heavy atom. The monoisotopic (exact) mass is 335 g/mol. The molecule has 1 atom stereocenters. The third-order valence-electron chi connectivity index (χ3n) is 3.22. The summed E-state index contributed by atoms with van der Waals surface area (Å²) >= 11 is 0. The maximum Gasteiger partial charge on any atom is 0.325 e. The maximum absolute atomic E-state index is 12.3. The van der Waals surface area contributed by atoms with Gasteiger partial charge >= 0.3 is 5.69 Å². The van der Waals surface area contributed by atoms with Crippen molar-refractivity contribution >= 4 is 21.1 Å². The molecule has 3 rings (SSSR count). The first-order valence-corrected chi connectivity index (χ1v) is 8.14. The maximum atomic E-state index is 12.3. The lowest BCUT2D eigenvalue weighted by molar-refractivity contribution is 0.559. The van der Waals surface area contributed by atoms with Gasteiger partial charge in [-0.3, -0.25) is 9.78 Å². The van der Waals surface area contributed by atoms with E-state index >= 15 is 0 Å². The first-order chi connectivity index (χ1) is 10.9. The Bertz CT molecular complexity index is 1050. The average Bonchev–Trinajstić information content (AvgIpc) is 2.90. The molecule has 9 nitrogen and oxygen atoms in total. The van der Waals surface area contributed by atoms with E-state index in [1.165, 1.54) is 0 Å². The van der Waals surface area contributed by atoms with Gasteiger partial charge in [0.15, 0.2) is 4.90 Å². The van der Waals surface area contributed by atoms with Gasteiger partial charge in [0.25, 0.3) is 5.56 Å². The number of imidazole rings is 1. The fourth-order valence-corrected chi connectivity index (χ4v) is 3.34. The van der Waals surface area contributed by atoms with Crippen LogP contribution < -0.4 is 16.0 Å². The number of para-hydroxylation sites is 2. The molecule has 10 heteroatoms. The second kappa shape index (κ2) is 5.48. The summed E-state index contributed by atoms with van der Waals surface area (Å²) in [6.07, 6.45) is 0.856. The molecule has 0 saturated carbocycles. The minimum absolute atomic E-state index is 0.413. The first-order valence-electron chi connectivity index (χ1n) is 6.66. The molecule has 3 aromatic rings. The molecule has 0 amide bonds. The van der Waals surface area contributed by atoms with Crippen molar-refractivity contribution in [2.45, 2.75) is 17.9 Å². The normalized spacial score (nSPS) is 13.3. The highest BCUT2D eigenvalue weighted by Crippen LogP contribution is 2.17. The number of rotatable bonds is 4. The molecule has 0 aliphatic rings. The molecule has 2 heterocycles. The molecule has 2 aromatic heterocycles. The largest absolute Gasteiger partial charge is 0.341 e. The van der Waals surface area contributed by atoms with Gasteiger partial charge in [0.1, 0.15) is 5.82 Å². The van der Waals surface area contributed by atoms with Crippen LogP contribution in [0.4, 0.5) is 0 Å². The first kappa shape index (κ1) is 15.2. The molecule has 120 valence electrons. The number of hydrogen-bond acceptors (Lipinski definition) is 5. The topological polar surface area (TPSA) is 141 Å². The molecule has 0 saturated heterocycles. The lowest BCUT2D eigenvalue weighted by Crippen LogP contribution is -2.34. The SMILES string of the molecule is CC(NS(=O)(=O)c1c[nH]c(=O)[nH]c1=O)c1nc2ccccc2[nH]1. The smallest absolute Gasteiger partial charge is 0.325 e. The van der Waals surface area contributed by atoms with Gasteiger partial charge in [0.2, 0.25) is 10.0 Å². The zero-order valence-electron chi connectivity index (χ0n) is 12.0. The Labute approximate surface area is 129 Å². The van der Waals surface area contributed by atoms with Crippen LogP contribution in [0.15, 0.2) is 44.9 Å². The van der Waals surface area contributed by atoms with Gasteiger partial charge in [0.05, 0.1) is 17.1 Å². The summed E-state index contributed by atoms with van der Waals surface area (Å²) in [4.78, 5) is 33.3. The van der Waals surface area contributed by atoms with E-state index in [-0.39, 0.29) is 0 Å². The van der Waals surface area contributed by atoms with Crippen molar-refractivity contribution in [3.63, 3.8) is 0 Å². The number of aromatic amines is 3. The fourth-order valence-electron chi connectivity index (χ4n) is 2.13. The predicted octanol–water partition coefficient (Wildman–Crippen LogP) is -0.0210. The number of H-pyrrole nitrogens is 3. The van der Waals surface area contributed by atoms with Gasteiger partial charge in [0, 0.05) is 6.20 Å². The van der Waals surface area contributed by atoms with E-state index in [4.69, 9.17) is 0 Å². The highest BCUT2D eigenvalue weighted by atomic mass is 32.2. The number of benzene rings is 1. The van der Waals surface area contributed by atoms with Crippen molar-refractivity contribution in [2.24, 2.45) is 0 Å². The quantitative estimate of drug-likeness (QED) is 0.530. The summed E-state index contributed by atoms with van der Waals surface area (Å²) in [5, 5.41) is 0. The number of aromatic nitrogens is 4. The van der Waals surface area contributed by atoms with Gasteiger partial charge in [-0.15, -0.1) is 0 Å². The van der Waals surface area contributed by atoms with Crippen molar-refractivity contribution in [3.05, 3.63) is 57.1 Å². The molecule has 4 N–H and O–H groups in total. The third kappa shape index (κ3) is 2.94. The molecule has 0 aliphatic heterocycles. The molecule has 0 bridgehead atoms. The number of nitrogens with zero attached hydrogens (tertiary/aromatic N) is 1. The molecule has 0 radical (unpaired) electrons. The van der Waals surface area contributed by atoms with Gasteiger partial charge in [-0.1, -0.05) is 12.1 Å². The summed E-state index contributed by atoms with van der Waals surface area (Å²) in [5.74, 6) is 0.413. The van der Waals surface area contributed by atoms with Crippen molar-refractivity contribution in [1.82, 2.24) is 24.7 Å². The fraction of sp³-hybridized carbons (Fsp3) is 0.154. The van der Waals surface area contributed by atoms with Crippen LogP contribution >= 0.6 is 0 Å².